The van der Waals surface area contributed by atoms with Crippen molar-refractivity contribution in [3.8, 4) is 5.75 Å². The molecule has 1 aliphatic rings. The largest absolute Gasteiger partial charge is 0.485 e. The van der Waals surface area contributed by atoms with E-state index in [2.05, 4.69) is 68.4 Å². The van der Waals surface area contributed by atoms with Gasteiger partial charge in [-0.3, -0.25) is 0 Å². The molecule has 21 heavy (non-hydrogen) atoms. The topological polar surface area (TPSA) is 21.3 Å². The first-order valence-corrected chi connectivity index (χ1v) is 8.56. The van der Waals surface area contributed by atoms with E-state index in [4.69, 9.17) is 4.74 Å². The summed E-state index contributed by atoms with van der Waals surface area (Å²) in [6, 6.07) is 13.0. The fourth-order valence-corrected chi connectivity index (χ4v) is 3.50. The van der Waals surface area contributed by atoms with Crippen LogP contribution in [0.25, 0.3) is 0 Å². The van der Waals surface area contributed by atoms with Crippen molar-refractivity contribution in [2.24, 2.45) is 0 Å². The molecule has 2 nitrogen and oxygen atoms in total. The predicted octanol–water partition coefficient (Wildman–Crippen LogP) is 5.30. The Bertz CT molecular complexity index is 672. The Morgan fingerprint density at radius 3 is 2.67 bits per heavy atom. The van der Waals surface area contributed by atoms with Gasteiger partial charge in [-0.1, -0.05) is 44.0 Å². The van der Waals surface area contributed by atoms with Crippen molar-refractivity contribution in [1.29, 1.82) is 0 Å². The third-order valence-electron chi connectivity index (χ3n) is 3.98. The van der Waals surface area contributed by atoms with Crippen molar-refractivity contribution in [2.75, 3.05) is 7.05 Å². The minimum Gasteiger partial charge on any atom is -0.485 e. The second kappa shape index (κ2) is 6.11. The molecule has 2 unspecified atom stereocenters. The van der Waals surface area contributed by atoms with Gasteiger partial charge in [0.25, 0.3) is 0 Å². The molecule has 3 rings (SSSR count). The zero-order valence-corrected chi connectivity index (χ0v) is 15.2. The highest BCUT2D eigenvalue weighted by Crippen LogP contribution is 2.42. The Morgan fingerprint density at radius 2 is 1.95 bits per heavy atom. The number of rotatable bonds is 2. The van der Waals surface area contributed by atoms with Gasteiger partial charge < -0.3 is 10.1 Å². The van der Waals surface area contributed by atoms with E-state index in [0.29, 0.717) is 6.04 Å². The maximum absolute atomic E-state index is 6.22. The summed E-state index contributed by atoms with van der Waals surface area (Å²) in [6.07, 6.45) is 1.00. The molecule has 0 amide bonds. The van der Waals surface area contributed by atoms with Gasteiger partial charge in [0.15, 0.2) is 0 Å². The highest BCUT2D eigenvalue weighted by atomic mass is 79.9. The van der Waals surface area contributed by atoms with Crippen molar-refractivity contribution in [3.63, 3.8) is 0 Å². The van der Waals surface area contributed by atoms with Crippen LogP contribution < -0.4 is 10.1 Å². The van der Waals surface area contributed by atoms with Gasteiger partial charge in [-0.15, -0.1) is 0 Å². The number of nitrogens with one attached hydrogen (secondary N) is 1. The number of hydrogen-bond acceptors (Lipinski definition) is 2. The minimum atomic E-state index is 0.0769. The molecular weight excluding hydrogens is 394 g/mol. The molecule has 0 bridgehead atoms. The Labute approximate surface area is 142 Å². The smallest absolute Gasteiger partial charge is 0.126 e. The first-order chi connectivity index (χ1) is 10.1. The molecule has 1 aliphatic heterocycles. The molecule has 0 saturated carbocycles. The first-order valence-electron chi connectivity index (χ1n) is 6.98. The van der Waals surface area contributed by atoms with Gasteiger partial charge in [-0.05, 0) is 49.4 Å². The minimum absolute atomic E-state index is 0.0769. The third kappa shape index (κ3) is 3.03. The van der Waals surface area contributed by atoms with Crippen molar-refractivity contribution in [3.05, 3.63) is 62.0 Å². The summed E-state index contributed by atoms with van der Waals surface area (Å²) in [4.78, 5) is 0. The Balaban J connectivity index is 1.96. The molecule has 2 aromatic rings. The summed E-state index contributed by atoms with van der Waals surface area (Å²) in [6.45, 7) is 2.10. The quantitative estimate of drug-likeness (QED) is 0.724. The van der Waals surface area contributed by atoms with Crippen LogP contribution in [0.1, 0.15) is 35.3 Å². The van der Waals surface area contributed by atoms with Crippen LogP contribution in [0.3, 0.4) is 0 Å². The number of ether oxygens (including phenoxy) is 1. The Hall–Kier alpha value is -0.840. The molecule has 110 valence electrons. The molecule has 0 fully saturated rings. The van der Waals surface area contributed by atoms with Crippen LogP contribution in [-0.4, -0.2) is 7.05 Å². The van der Waals surface area contributed by atoms with E-state index < -0.39 is 0 Å². The first kappa shape index (κ1) is 15.1. The number of aryl methyl sites for hydroxylation is 1. The normalized spacial score (nSPS) is 20.8. The lowest BCUT2D eigenvalue weighted by atomic mass is 9.93. The summed E-state index contributed by atoms with van der Waals surface area (Å²) < 4.78 is 8.43. The molecule has 4 heteroatoms. The van der Waals surface area contributed by atoms with E-state index in [0.717, 1.165) is 21.1 Å². The lowest BCUT2D eigenvalue weighted by Crippen LogP contribution is -2.26. The molecule has 0 saturated heterocycles. The van der Waals surface area contributed by atoms with E-state index in [1.165, 1.54) is 16.7 Å². The summed E-state index contributed by atoms with van der Waals surface area (Å²) in [7, 11) is 2.00. The fourth-order valence-electron chi connectivity index (χ4n) is 2.73. The van der Waals surface area contributed by atoms with Gasteiger partial charge in [0, 0.05) is 27.0 Å². The van der Waals surface area contributed by atoms with Crippen molar-refractivity contribution in [2.45, 2.75) is 25.5 Å². The van der Waals surface area contributed by atoms with E-state index >= 15 is 0 Å². The van der Waals surface area contributed by atoms with E-state index in [-0.39, 0.29) is 6.10 Å². The Morgan fingerprint density at radius 1 is 1.14 bits per heavy atom. The average molecular weight is 411 g/mol. The predicted molar refractivity (Wildman–Crippen MR) is 92.8 cm³/mol. The van der Waals surface area contributed by atoms with Crippen molar-refractivity contribution in [1.82, 2.24) is 5.32 Å². The summed E-state index contributed by atoms with van der Waals surface area (Å²) in [5.74, 6) is 0.963. The second-order valence-corrected chi connectivity index (χ2v) is 7.14. The molecule has 2 aromatic carbocycles. The molecule has 1 N–H and O–H groups in total. The van der Waals surface area contributed by atoms with Gasteiger partial charge in [0.1, 0.15) is 11.9 Å². The third-order valence-corrected chi connectivity index (χ3v) is 5.33. The lowest BCUT2D eigenvalue weighted by Gasteiger charge is -2.32. The summed E-state index contributed by atoms with van der Waals surface area (Å²) in [5, 5.41) is 3.40. The van der Waals surface area contributed by atoms with Crippen LogP contribution in [0.5, 0.6) is 5.75 Å². The molecule has 0 aromatic heterocycles. The van der Waals surface area contributed by atoms with Gasteiger partial charge in [0.05, 0.1) is 0 Å². The standard InChI is InChI=1S/C17H17Br2NO/c1-10-3-4-11(7-14(10)19)17-9-15(20-2)13-8-12(18)5-6-16(13)21-17/h3-8,15,17,20H,9H2,1-2H3. The monoisotopic (exact) mass is 409 g/mol. The molecule has 0 aliphatic carbocycles. The van der Waals surface area contributed by atoms with Crippen LogP contribution in [0.15, 0.2) is 45.3 Å². The molecular formula is C17H17Br2NO. The SMILES string of the molecule is CNC1CC(c2ccc(C)c(Br)c2)Oc2ccc(Br)cc21. The number of halogens is 2. The molecule has 1 heterocycles. The molecule has 2 atom stereocenters. The Kier molecular flexibility index (Phi) is 4.38. The van der Waals surface area contributed by atoms with Crippen molar-refractivity contribution < 1.29 is 4.74 Å². The maximum Gasteiger partial charge on any atom is 0.126 e. The summed E-state index contributed by atoms with van der Waals surface area (Å²) in [5.41, 5.74) is 3.67. The van der Waals surface area contributed by atoms with Crippen molar-refractivity contribution >= 4 is 31.9 Å². The number of benzene rings is 2. The lowest BCUT2D eigenvalue weighted by molar-refractivity contribution is 0.154. The van der Waals surface area contributed by atoms with Crippen LogP contribution in [0, 0.1) is 6.92 Å². The maximum atomic E-state index is 6.22. The van der Waals surface area contributed by atoms with E-state index in [1.54, 1.807) is 0 Å². The highest BCUT2D eigenvalue weighted by Gasteiger charge is 2.28. The van der Waals surface area contributed by atoms with Crippen LogP contribution in [0.4, 0.5) is 0 Å². The van der Waals surface area contributed by atoms with Crippen LogP contribution >= 0.6 is 31.9 Å². The zero-order valence-electron chi connectivity index (χ0n) is 12.0. The number of hydrogen-bond donors (Lipinski definition) is 1. The average Bonchev–Trinajstić information content (AvgIpc) is 2.49. The molecule has 0 spiro atoms. The highest BCUT2D eigenvalue weighted by molar-refractivity contribution is 9.10. The van der Waals surface area contributed by atoms with Crippen LogP contribution in [-0.2, 0) is 0 Å². The zero-order chi connectivity index (χ0) is 15.0. The van der Waals surface area contributed by atoms with E-state index in [9.17, 15) is 0 Å². The van der Waals surface area contributed by atoms with Gasteiger partial charge in [-0.25, -0.2) is 0 Å². The molecule has 0 radical (unpaired) electrons. The van der Waals surface area contributed by atoms with Gasteiger partial charge in [0.2, 0.25) is 0 Å². The number of fused-ring (bicyclic) bond motifs is 1. The van der Waals surface area contributed by atoms with Crippen LogP contribution in [0.2, 0.25) is 0 Å². The van der Waals surface area contributed by atoms with Gasteiger partial charge in [-0.2, -0.15) is 0 Å². The second-order valence-electron chi connectivity index (χ2n) is 5.37. The van der Waals surface area contributed by atoms with E-state index in [1.807, 2.05) is 19.2 Å². The van der Waals surface area contributed by atoms with Gasteiger partial charge >= 0.3 is 0 Å². The summed E-state index contributed by atoms with van der Waals surface area (Å²) >= 11 is 7.14. The fraction of sp³-hybridized carbons (Fsp3) is 0.294.